The van der Waals surface area contributed by atoms with Crippen molar-refractivity contribution in [3.63, 3.8) is 0 Å². The molecule has 0 saturated carbocycles. The highest BCUT2D eigenvalue weighted by atomic mass is 32.2. The SMILES string of the molecule is CCCC1(C(=O)Nc2cccc(S(C)(=O)=O)c2)CCCN1. The number of anilines is 1. The molecule has 116 valence electrons. The molecule has 1 amide bonds. The van der Waals surface area contributed by atoms with Gasteiger partial charge in [-0.1, -0.05) is 19.4 Å². The van der Waals surface area contributed by atoms with Crippen molar-refractivity contribution in [1.82, 2.24) is 5.32 Å². The van der Waals surface area contributed by atoms with Crippen LogP contribution >= 0.6 is 0 Å². The number of sulfone groups is 1. The Labute approximate surface area is 126 Å². The number of hydrogen-bond donors (Lipinski definition) is 2. The van der Waals surface area contributed by atoms with Gasteiger partial charge in [-0.25, -0.2) is 8.42 Å². The standard InChI is InChI=1S/C15H22N2O3S/c1-3-8-15(9-5-10-16-15)14(18)17-12-6-4-7-13(11-12)21(2,19)20/h4,6-7,11,16H,3,5,8-10H2,1-2H3,(H,17,18). The fourth-order valence-electron chi connectivity index (χ4n) is 2.81. The van der Waals surface area contributed by atoms with Crippen molar-refractivity contribution in [2.24, 2.45) is 0 Å². The Bertz CT molecular complexity index is 620. The minimum Gasteiger partial charge on any atom is -0.324 e. The van der Waals surface area contributed by atoms with Crippen molar-refractivity contribution < 1.29 is 13.2 Å². The van der Waals surface area contributed by atoms with E-state index in [1.54, 1.807) is 12.1 Å². The highest BCUT2D eigenvalue weighted by Crippen LogP contribution is 2.27. The predicted octanol–water partition coefficient (Wildman–Crippen LogP) is 1.95. The lowest BCUT2D eigenvalue weighted by Crippen LogP contribution is -2.50. The van der Waals surface area contributed by atoms with E-state index in [-0.39, 0.29) is 10.8 Å². The van der Waals surface area contributed by atoms with Crippen LogP contribution in [-0.2, 0) is 14.6 Å². The second kappa shape index (κ2) is 6.15. The van der Waals surface area contributed by atoms with Crippen molar-refractivity contribution in [3.05, 3.63) is 24.3 Å². The highest BCUT2D eigenvalue weighted by molar-refractivity contribution is 7.90. The minimum absolute atomic E-state index is 0.0764. The Morgan fingerprint density at radius 3 is 2.76 bits per heavy atom. The van der Waals surface area contributed by atoms with Gasteiger partial charge in [-0.15, -0.1) is 0 Å². The summed E-state index contributed by atoms with van der Waals surface area (Å²) in [6.07, 6.45) is 4.66. The zero-order valence-corrected chi connectivity index (χ0v) is 13.3. The normalized spacial score (nSPS) is 22.2. The van der Waals surface area contributed by atoms with Gasteiger partial charge in [-0.05, 0) is 44.0 Å². The third kappa shape index (κ3) is 3.63. The molecule has 0 aliphatic carbocycles. The van der Waals surface area contributed by atoms with Crippen LogP contribution in [0.15, 0.2) is 29.2 Å². The Balaban J connectivity index is 2.19. The van der Waals surface area contributed by atoms with E-state index in [2.05, 4.69) is 17.6 Å². The Morgan fingerprint density at radius 2 is 2.19 bits per heavy atom. The van der Waals surface area contributed by atoms with Crippen LogP contribution in [0.25, 0.3) is 0 Å². The molecule has 21 heavy (non-hydrogen) atoms. The molecule has 1 aromatic carbocycles. The molecular formula is C15H22N2O3S. The lowest BCUT2D eigenvalue weighted by Gasteiger charge is -2.27. The van der Waals surface area contributed by atoms with E-state index in [9.17, 15) is 13.2 Å². The van der Waals surface area contributed by atoms with E-state index in [4.69, 9.17) is 0 Å². The zero-order valence-electron chi connectivity index (χ0n) is 12.5. The number of carbonyl (C=O) groups is 1. The Hall–Kier alpha value is -1.40. The van der Waals surface area contributed by atoms with Gasteiger partial charge >= 0.3 is 0 Å². The molecule has 2 rings (SSSR count). The molecule has 0 aromatic heterocycles. The topological polar surface area (TPSA) is 75.3 Å². The van der Waals surface area contributed by atoms with E-state index in [0.717, 1.165) is 38.5 Å². The predicted molar refractivity (Wildman–Crippen MR) is 83.1 cm³/mol. The molecule has 1 unspecified atom stereocenters. The summed E-state index contributed by atoms with van der Waals surface area (Å²) >= 11 is 0. The molecule has 1 saturated heterocycles. The zero-order chi connectivity index (χ0) is 15.5. The maximum absolute atomic E-state index is 12.6. The molecule has 0 radical (unpaired) electrons. The smallest absolute Gasteiger partial charge is 0.244 e. The van der Waals surface area contributed by atoms with E-state index in [1.165, 1.54) is 12.1 Å². The van der Waals surface area contributed by atoms with Gasteiger partial charge in [0.05, 0.1) is 10.4 Å². The minimum atomic E-state index is -3.27. The summed E-state index contributed by atoms with van der Waals surface area (Å²) in [5.41, 5.74) is 0.00245. The fourth-order valence-corrected chi connectivity index (χ4v) is 3.48. The number of amides is 1. The number of rotatable bonds is 5. The molecular weight excluding hydrogens is 288 g/mol. The molecule has 5 nitrogen and oxygen atoms in total. The van der Waals surface area contributed by atoms with Crippen LogP contribution in [0.2, 0.25) is 0 Å². The third-order valence-corrected chi connectivity index (χ3v) is 4.99. The van der Waals surface area contributed by atoms with Crippen LogP contribution in [0.3, 0.4) is 0 Å². The molecule has 1 fully saturated rings. The van der Waals surface area contributed by atoms with Crippen molar-refractivity contribution >= 4 is 21.4 Å². The van der Waals surface area contributed by atoms with Crippen LogP contribution in [0.5, 0.6) is 0 Å². The van der Waals surface area contributed by atoms with Gasteiger partial charge in [0.25, 0.3) is 0 Å². The van der Waals surface area contributed by atoms with E-state index >= 15 is 0 Å². The van der Waals surface area contributed by atoms with Gasteiger partial charge in [-0.3, -0.25) is 4.79 Å². The largest absolute Gasteiger partial charge is 0.324 e. The van der Waals surface area contributed by atoms with Crippen LogP contribution in [0.1, 0.15) is 32.6 Å². The van der Waals surface area contributed by atoms with Crippen molar-refractivity contribution in [2.45, 2.75) is 43.0 Å². The summed E-state index contributed by atoms with van der Waals surface area (Å²) in [5.74, 6) is -0.0764. The van der Waals surface area contributed by atoms with Crippen molar-refractivity contribution in [2.75, 3.05) is 18.1 Å². The first-order valence-electron chi connectivity index (χ1n) is 7.24. The third-order valence-electron chi connectivity index (χ3n) is 3.88. The van der Waals surface area contributed by atoms with Gasteiger partial charge in [-0.2, -0.15) is 0 Å². The average Bonchev–Trinajstić information content (AvgIpc) is 2.88. The van der Waals surface area contributed by atoms with Gasteiger partial charge in [0, 0.05) is 11.9 Å². The van der Waals surface area contributed by atoms with Gasteiger partial charge in [0.15, 0.2) is 9.84 Å². The Kier molecular flexibility index (Phi) is 4.68. The number of benzene rings is 1. The number of carbonyl (C=O) groups excluding carboxylic acids is 1. The van der Waals surface area contributed by atoms with Gasteiger partial charge in [0.1, 0.15) is 0 Å². The molecule has 1 aliphatic rings. The lowest BCUT2D eigenvalue weighted by atomic mass is 9.91. The van der Waals surface area contributed by atoms with Gasteiger partial charge < -0.3 is 10.6 Å². The first kappa shape index (κ1) is 16.0. The van der Waals surface area contributed by atoms with E-state index in [0.29, 0.717) is 5.69 Å². The highest BCUT2D eigenvalue weighted by Gasteiger charge is 2.39. The molecule has 6 heteroatoms. The quantitative estimate of drug-likeness (QED) is 0.871. The molecule has 1 aromatic rings. The first-order valence-corrected chi connectivity index (χ1v) is 9.13. The maximum atomic E-state index is 12.6. The average molecular weight is 310 g/mol. The molecule has 1 aliphatic heterocycles. The maximum Gasteiger partial charge on any atom is 0.244 e. The van der Waals surface area contributed by atoms with Crippen LogP contribution in [0.4, 0.5) is 5.69 Å². The van der Waals surface area contributed by atoms with E-state index in [1.807, 2.05) is 0 Å². The van der Waals surface area contributed by atoms with E-state index < -0.39 is 15.4 Å². The fraction of sp³-hybridized carbons (Fsp3) is 0.533. The molecule has 0 spiro atoms. The van der Waals surface area contributed by atoms with Crippen LogP contribution in [-0.4, -0.2) is 32.7 Å². The summed E-state index contributed by atoms with van der Waals surface area (Å²) in [6.45, 7) is 2.90. The van der Waals surface area contributed by atoms with Crippen molar-refractivity contribution in [1.29, 1.82) is 0 Å². The molecule has 2 N–H and O–H groups in total. The summed E-state index contributed by atoms with van der Waals surface area (Å²) in [4.78, 5) is 12.8. The lowest BCUT2D eigenvalue weighted by molar-refractivity contribution is -0.122. The summed E-state index contributed by atoms with van der Waals surface area (Å²) in [6, 6.07) is 6.38. The molecule has 1 heterocycles. The second-order valence-corrected chi connectivity index (χ2v) is 7.63. The summed E-state index contributed by atoms with van der Waals surface area (Å²) in [7, 11) is -3.27. The number of hydrogen-bond acceptors (Lipinski definition) is 4. The van der Waals surface area contributed by atoms with Crippen LogP contribution < -0.4 is 10.6 Å². The monoisotopic (exact) mass is 310 g/mol. The van der Waals surface area contributed by atoms with Crippen molar-refractivity contribution in [3.8, 4) is 0 Å². The Morgan fingerprint density at radius 1 is 1.43 bits per heavy atom. The van der Waals surface area contributed by atoms with Gasteiger partial charge in [0.2, 0.25) is 5.91 Å². The summed E-state index contributed by atoms with van der Waals surface area (Å²) < 4.78 is 23.1. The number of nitrogens with one attached hydrogen (secondary N) is 2. The van der Waals surface area contributed by atoms with Crippen LogP contribution in [0, 0.1) is 0 Å². The molecule has 1 atom stereocenters. The first-order chi connectivity index (χ1) is 9.87. The summed E-state index contributed by atoms with van der Waals surface area (Å²) in [5, 5.41) is 6.16. The molecule has 0 bridgehead atoms. The second-order valence-electron chi connectivity index (χ2n) is 5.62.